The Kier molecular flexibility index (Phi) is 6.44. The van der Waals surface area contributed by atoms with Gasteiger partial charge < -0.3 is 19.7 Å². The minimum Gasteiger partial charge on any atom is -0.454 e. The van der Waals surface area contributed by atoms with Crippen molar-refractivity contribution in [3.8, 4) is 22.6 Å². The fourth-order valence-corrected chi connectivity index (χ4v) is 4.93. The van der Waals surface area contributed by atoms with Gasteiger partial charge in [0.1, 0.15) is 0 Å². The summed E-state index contributed by atoms with van der Waals surface area (Å²) in [6, 6.07) is 19.6. The van der Waals surface area contributed by atoms with Gasteiger partial charge in [-0.05, 0) is 91.8 Å². The van der Waals surface area contributed by atoms with Gasteiger partial charge in [-0.25, -0.2) is 0 Å². The number of aryl methyl sites for hydroxylation is 1. The minimum atomic E-state index is -0.531. The third-order valence-electron chi connectivity index (χ3n) is 7.35. The Labute approximate surface area is 213 Å². The number of rotatable bonds is 8. The van der Waals surface area contributed by atoms with Crippen molar-refractivity contribution in [2.45, 2.75) is 45.4 Å². The number of carbonyl (C=O) groups is 2. The molecule has 6 nitrogen and oxygen atoms in total. The normalized spacial score (nSPS) is 14.9. The molecule has 0 bridgehead atoms. The van der Waals surface area contributed by atoms with Crippen LogP contribution in [0, 0.1) is 0 Å². The number of nitrogens with one attached hydrogen (secondary N) is 1. The first kappa shape index (κ1) is 23.9. The first-order valence-corrected chi connectivity index (χ1v) is 12.7. The van der Waals surface area contributed by atoms with Crippen molar-refractivity contribution in [3.05, 3.63) is 77.4 Å². The molecule has 5 rings (SSSR count). The molecule has 3 aromatic rings. The van der Waals surface area contributed by atoms with Crippen LogP contribution in [0.4, 0.5) is 5.69 Å². The first-order chi connectivity index (χ1) is 17.5. The predicted molar refractivity (Wildman–Crippen MR) is 143 cm³/mol. The SMILES string of the molecule is CCc1ccc(NC(=O)C2(c3ccc4c(c3)OCO4)CC2)cc1-c1ccc(C(=O)N(CC)CC)cc1.[HH]. The zero-order valence-electron chi connectivity index (χ0n) is 21.1. The number of hydrogen-bond acceptors (Lipinski definition) is 4. The number of nitrogens with zero attached hydrogens (tertiary/aromatic N) is 1. The van der Waals surface area contributed by atoms with E-state index in [1.54, 1.807) is 0 Å². The van der Waals surface area contributed by atoms with Crippen LogP contribution in [0.15, 0.2) is 60.7 Å². The van der Waals surface area contributed by atoms with Crippen LogP contribution >= 0.6 is 0 Å². The molecule has 188 valence electrons. The maximum absolute atomic E-state index is 13.4. The van der Waals surface area contributed by atoms with Crippen LogP contribution in [0.1, 0.15) is 56.5 Å². The highest BCUT2D eigenvalue weighted by Gasteiger charge is 2.51. The lowest BCUT2D eigenvalue weighted by Gasteiger charge is -2.19. The lowest BCUT2D eigenvalue weighted by Crippen LogP contribution is -2.30. The topological polar surface area (TPSA) is 67.9 Å². The van der Waals surface area contributed by atoms with Crippen molar-refractivity contribution >= 4 is 17.5 Å². The lowest BCUT2D eigenvalue weighted by atomic mass is 9.93. The highest BCUT2D eigenvalue weighted by Crippen LogP contribution is 2.51. The molecule has 1 heterocycles. The highest BCUT2D eigenvalue weighted by atomic mass is 16.7. The second kappa shape index (κ2) is 9.69. The van der Waals surface area contributed by atoms with Gasteiger partial charge in [-0.1, -0.05) is 31.2 Å². The molecular weight excluding hydrogens is 452 g/mol. The number of ether oxygens (including phenoxy) is 2. The monoisotopic (exact) mass is 486 g/mol. The molecule has 0 aromatic heterocycles. The summed E-state index contributed by atoms with van der Waals surface area (Å²) in [6.45, 7) is 7.69. The third-order valence-corrected chi connectivity index (χ3v) is 7.35. The molecule has 0 unspecified atom stereocenters. The van der Waals surface area contributed by atoms with E-state index in [9.17, 15) is 9.59 Å². The van der Waals surface area contributed by atoms with E-state index in [4.69, 9.17) is 9.47 Å². The molecule has 1 aliphatic heterocycles. The molecule has 1 N–H and O–H groups in total. The summed E-state index contributed by atoms with van der Waals surface area (Å²) in [4.78, 5) is 27.9. The molecule has 6 heteroatoms. The minimum absolute atomic E-state index is 0. The molecule has 0 atom stereocenters. The third kappa shape index (κ3) is 4.32. The summed E-state index contributed by atoms with van der Waals surface area (Å²) in [7, 11) is 0. The second-order valence-corrected chi connectivity index (χ2v) is 9.38. The largest absolute Gasteiger partial charge is 0.454 e. The number of carbonyl (C=O) groups excluding carboxylic acids is 2. The Morgan fingerprint density at radius 1 is 0.917 bits per heavy atom. The van der Waals surface area contributed by atoms with E-state index < -0.39 is 5.41 Å². The van der Waals surface area contributed by atoms with Gasteiger partial charge in [0.15, 0.2) is 11.5 Å². The van der Waals surface area contributed by atoms with Gasteiger partial charge in [0.05, 0.1) is 5.41 Å². The highest BCUT2D eigenvalue weighted by molar-refractivity contribution is 6.02. The van der Waals surface area contributed by atoms with Crippen molar-refractivity contribution in [3.63, 3.8) is 0 Å². The summed E-state index contributed by atoms with van der Waals surface area (Å²) in [6.07, 6.45) is 2.48. The first-order valence-electron chi connectivity index (χ1n) is 12.7. The second-order valence-electron chi connectivity index (χ2n) is 9.38. The summed E-state index contributed by atoms with van der Waals surface area (Å²) in [5.41, 5.74) is 5.15. The maximum Gasteiger partial charge on any atom is 0.253 e. The molecule has 3 aromatic carbocycles. The van der Waals surface area contributed by atoms with Gasteiger partial charge in [0, 0.05) is 25.8 Å². The Morgan fingerprint density at radius 2 is 1.64 bits per heavy atom. The van der Waals surface area contributed by atoms with Crippen LogP contribution in [0.2, 0.25) is 0 Å². The van der Waals surface area contributed by atoms with Gasteiger partial charge in [-0.15, -0.1) is 0 Å². The van der Waals surface area contributed by atoms with E-state index in [0.717, 1.165) is 47.4 Å². The summed E-state index contributed by atoms with van der Waals surface area (Å²) < 4.78 is 10.9. The van der Waals surface area contributed by atoms with Gasteiger partial charge in [-0.2, -0.15) is 0 Å². The van der Waals surface area contributed by atoms with E-state index in [1.165, 1.54) is 5.56 Å². The van der Waals surface area contributed by atoms with Crippen molar-refractivity contribution in [2.24, 2.45) is 0 Å². The molecule has 2 amide bonds. The van der Waals surface area contributed by atoms with E-state index in [1.807, 2.05) is 73.3 Å². The average Bonchev–Trinajstić information content (AvgIpc) is 3.60. The smallest absolute Gasteiger partial charge is 0.253 e. The van der Waals surface area contributed by atoms with Crippen molar-refractivity contribution in [1.29, 1.82) is 0 Å². The average molecular weight is 487 g/mol. The standard InChI is InChI=1S/C30H32N2O4.H2/c1-4-20-11-13-24(18-25(20)21-7-9-22(10-8-21)28(33)32(5-2)6-3)31-29(34)30(15-16-30)23-12-14-26-27(17-23)36-19-35-26;/h7-14,17-18H,4-6,15-16,19H2,1-3H3,(H,31,34);1H. The fourth-order valence-electron chi connectivity index (χ4n) is 4.93. The molecular formula is C30H34N2O4. The molecule has 1 aliphatic carbocycles. The number of anilines is 1. The fraction of sp³-hybridized carbons (Fsp3) is 0.333. The quantitative estimate of drug-likeness (QED) is 0.421. The number of fused-ring (bicyclic) bond motifs is 1. The maximum atomic E-state index is 13.4. The van der Waals surface area contributed by atoms with E-state index in [-0.39, 0.29) is 20.0 Å². The summed E-state index contributed by atoms with van der Waals surface area (Å²) in [5, 5.41) is 3.16. The van der Waals surface area contributed by atoms with Crippen LogP contribution in [0.5, 0.6) is 11.5 Å². The van der Waals surface area contributed by atoms with Gasteiger partial charge in [-0.3, -0.25) is 9.59 Å². The summed E-state index contributed by atoms with van der Waals surface area (Å²) in [5.74, 6) is 1.46. The van der Waals surface area contributed by atoms with Crippen LogP contribution in [-0.2, 0) is 16.6 Å². The van der Waals surface area contributed by atoms with Crippen molar-refractivity contribution < 1.29 is 20.5 Å². The molecule has 1 saturated carbocycles. The zero-order valence-corrected chi connectivity index (χ0v) is 21.1. The lowest BCUT2D eigenvalue weighted by molar-refractivity contribution is -0.118. The summed E-state index contributed by atoms with van der Waals surface area (Å²) >= 11 is 0. The molecule has 1 fully saturated rings. The van der Waals surface area contributed by atoms with Crippen LogP contribution < -0.4 is 14.8 Å². The molecule has 0 spiro atoms. The van der Waals surface area contributed by atoms with E-state index in [0.29, 0.717) is 24.4 Å². The Balaban J connectivity index is 0.00000320. The zero-order chi connectivity index (χ0) is 25.3. The van der Waals surface area contributed by atoms with Crippen LogP contribution in [0.25, 0.3) is 11.1 Å². The molecule has 0 radical (unpaired) electrons. The molecule has 2 aliphatic rings. The number of benzene rings is 3. The predicted octanol–water partition coefficient (Wildman–Crippen LogP) is 6.04. The van der Waals surface area contributed by atoms with Crippen LogP contribution in [-0.4, -0.2) is 36.6 Å². The van der Waals surface area contributed by atoms with E-state index >= 15 is 0 Å². The Bertz CT molecular complexity index is 1300. The van der Waals surface area contributed by atoms with Gasteiger partial charge in [0.2, 0.25) is 12.7 Å². The van der Waals surface area contributed by atoms with Gasteiger partial charge >= 0.3 is 0 Å². The van der Waals surface area contributed by atoms with Crippen LogP contribution in [0.3, 0.4) is 0 Å². The number of hydrogen-bond donors (Lipinski definition) is 1. The Hall–Kier alpha value is -3.80. The molecule has 36 heavy (non-hydrogen) atoms. The van der Waals surface area contributed by atoms with Gasteiger partial charge in [0.25, 0.3) is 5.91 Å². The molecule has 0 saturated heterocycles. The van der Waals surface area contributed by atoms with Crippen molar-refractivity contribution in [1.82, 2.24) is 4.90 Å². The number of amides is 2. The van der Waals surface area contributed by atoms with E-state index in [2.05, 4.69) is 18.3 Å². The van der Waals surface area contributed by atoms with Crippen molar-refractivity contribution in [2.75, 3.05) is 25.2 Å². The Morgan fingerprint density at radius 3 is 2.31 bits per heavy atom.